The van der Waals surface area contributed by atoms with Gasteiger partial charge in [-0.1, -0.05) is 6.92 Å². The van der Waals surface area contributed by atoms with E-state index in [0.717, 1.165) is 44.0 Å². The van der Waals surface area contributed by atoms with Gasteiger partial charge in [-0.15, -0.1) is 0 Å². The Hall–Kier alpha value is -0.240. The lowest BCUT2D eigenvalue weighted by Gasteiger charge is -2.40. The first kappa shape index (κ1) is 24.9. The molecule has 4 rings (SSSR count). The SMILES string of the molecule is CCCN(CCOC1CCC(NC2NCC(C3CCC(OC)CC3)CN2)CC1)CC1CC1.[HH]. The highest BCUT2D eigenvalue weighted by Gasteiger charge is 2.32. The predicted octanol–water partition coefficient (Wildman–Crippen LogP) is 3.57. The van der Waals surface area contributed by atoms with E-state index in [9.17, 15) is 0 Å². The summed E-state index contributed by atoms with van der Waals surface area (Å²) in [6, 6.07) is 0.611. The molecule has 0 unspecified atom stereocenters. The highest BCUT2D eigenvalue weighted by atomic mass is 16.5. The molecule has 1 saturated heterocycles. The first-order valence-electron chi connectivity index (χ1n) is 13.8. The van der Waals surface area contributed by atoms with E-state index < -0.39 is 0 Å². The molecule has 4 fully saturated rings. The van der Waals surface area contributed by atoms with Crippen LogP contribution in [0.4, 0.5) is 0 Å². The Balaban J connectivity index is 0.00000306. The molecule has 1 aliphatic heterocycles. The maximum absolute atomic E-state index is 6.29. The third kappa shape index (κ3) is 7.92. The molecule has 6 heteroatoms. The Morgan fingerprint density at radius 3 is 2.16 bits per heavy atom. The van der Waals surface area contributed by atoms with Gasteiger partial charge in [-0.2, -0.15) is 0 Å². The van der Waals surface area contributed by atoms with Crippen molar-refractivity contribution in [3.05, 3.63) is 0 Å². The van der Waals surface area contributed by atoms with Crippen molar-refractivity contribution < 1.29 is 10.9 Å². The van der Waals surface area contributed by atoms with Crippen LogP contribution in [-0.2, 0) is 9.47 Å². The van der Waals surface area contributed by atoms with Crippen LogP contribution in [0.15, 0.2) is 0 Å². The number of ether oxygens (including phenoxy) is 2. The van der Waals surface area contributed by atoms with Crippen LogP contribution in [-0.4, -0.2) is 75.9 Å². The normalized spacial score (nSPS) is 36.5. The molecule has 0 aromatic heterocycles. The molecular weight excluding hydrogens is 400 g/mol. The van der Waals surface area contributed by atoms with E-state index in [1.54, 1.807) is 0 Å². The Morgan fingerprint density at radius 2 is 1.53 bits per heavy atom. The van der Waals surface area contributed by atoms with Gasteiger partial charge in [0, 0.05) is 40.8 Å². The smallest absolute Gasteiger partial charge is 0.112 e. The number of nitrogens with zero attached hydrogens (tertiary/aromatic N) is 1. The quantitative estimate of drug-likeness (QED) is 0.421. The first-order chi connectivity index (χ1) is 15.7. The molecule has 6 nitrogen and oxygen atoms in total. The van der Waals surface area contributed by atoms with E-state index in [1.807, 2.05) is 7.11 Å². The summed E-state index contributed by atoms with van der Waals surface area (Å²) in [4.78, 5) is 2.63. The molecule has 1 heterocycles. The molecular formula is C26H52N4O2. The Kier molecular flexibility index (Phi) is 10.1. The van der Waals surface area contributed by atoms with Gasteiger partial charge >= 0.3 is 0 Å². The van der Waals surface area contributed by atoms with Gasteiger partial charge < -0.3 is 14.4 Å². The van der Waals surface area contributed by atoms with Gasteiger partial charge in [-0.05, 0) is 94.9 Å². The van der Waals surface area contributed by atoms with Crippen molar-refractivity contribution in [2.45, 2.75) is 102 Å². The zero-order chi connectivity index (χ0) is 22.2. The number of hydrogen-bond donors (Lipinski definition) is 3. The molecule has 0 atom stereocenters. The molecule has 4 aliphatic rings. The minimum absolute atomic E-state index is 0. The van der Waals surface area contributed by atoms with Crippen molar-refractivity contribution >= 4 is 0 Å². The summed E-state index contributed by atoms with van der Waals surface area (Å²) in [6.45, 7) is 9.12. The van der Waals surface area contributed by atoms with Crippen molar-refractivity contribution in [2.24, 2.45) is 17.8 Å². The van der Waals surface area contributed by atoms with E-state index in [1.165, 1.54) is 83.7 Å². The van der Waals surface area contributed by atoms with Gasteiger partial charge in [-0.25, -0.2) is 0 Å². The van der Waals surface area contributed by atoms with E-state index in [0.29, 0.717) is 18.2 Å². The van der Waals surface area contributed by atoms with Crippen LogP contribution in [0.3, 0.4) is 0 Å². The average molecular weight is 453 g/mol. The molecule has 0 radical (unpaired) electrons. The number of methoxy groups -OCH3 is 1. The third-order valence-electron chi connectivity index (χ3n) is 8.48. The molecule has 0 amide bonds. The van der Waals surface area contributed by atoms with Crippen molar-refractivity contribution in [1.82, 2.24) is 20.9 Å². The zero-order valence-corrected chi connectivity index (χ0v) is 20.8. The summed E-state index contributed by atoms with van der Waals surface area (Å²) in [6.07, 6.45) is 15.4. The zero-order valence-electron chi connectivity index (χ0n) is 20.8. The predicted molar refractivity (Wildman–Crippen MR) is 133 cm³/mol. The van der Waals surface area contributed by atoms with E-state index in [4.69, 9.17) is 9.47 Å². The third-order valence-corrected chi connectivity index (χ3v) is 8.48. The highest BCUT2D eigenvalue weighted by Crippen LogP contribution is 2.32. The summed E-state index contributed by atoms with van der Waals surface area (Å²) in [5, 5.41) is 11.3. The average Bonchev–Trinajstić information content (AvgIpc) is 3.65. The second kappa shape index (κ2) is 13.0. The van der Waals surface area contributed by atoms with E-state index in [2.05, 4.69) is 27.8 Å². The first-order valence-corrected chi connectivity index (χ1v) is 13.8. The van der Waals surface area contributed by atoms with Crippen molar-refractivity contribution in [1.29, 1.82) is 0 Å². The minimum Gasteiger partial charge on any atom is -0.381 e. The van der Waals surface area contributed by atoms with Crippen LogP contribution < -0.4 is 16.0 Å². The van der Waals surface area contributed by atoms with Crippen LogP contribution in [0.25, 0.3) is 0 Å². The minimum atomic E-state index is 0. The molecule has 3 N–H and O–H groups in total. The van der Waals surface area contributed by atoms with Crippen LogP contribution in [0.5, 0.6) is 0 Å². The lowest BCUT2D eigenvalue weighted by molar-refractivity contribution is 0.00823. The molecule has 32 heavy (non-hydrogen) atoms. The van der Waals surface area contributed by atoms with Gasteiger partial charge in [0.15, 0.2) is 0 Å². The fourth-order valence-electron chi connectivity index (χ4n) is 6.19. The second-order valence-electron chi connectivity index (χ2n) is 11.0. The van der Waals surface area contributed by atoms with Gasteiger partial charge in [-0.3, -0.25) is 16.0 Å². The molecule has 3 saturated carbocycles. The topological polar surface area (TPSA) is 57.8 Å². The summed E-state index contributed by atoms with van der Waals surface area (Å²) in [7, 11) is 1.86. The van der Waals surface area contributed by atoms with Gasteiger partial charge in [0.05, 0.1) is 18.8 Å². The van der Waals surface area contributed by atoms with Gasteiger partial charge in [0.2, 0.25) is 0 Å². The van der Waals surface area contributed by atoms with E-state index in [-0.39, 0.29) is 7.72 Å². The lowest BCUT2D eigenvalue weighted by atomic mass is 9.78. The van der Waals surface area contributed by atoms with Crippen LogP contribution in [0, 0.1) is 17.8 Å². The van der Waals surface area contributed by atoms with E-state index >= 15 is 0 Å². The molecule has 188 valence electrons. The Labute approximate surface area is 198 Å². The van der Waals surface area contributed by atoms with Crippen molar-refractivity contribution in [3.63, 3.8) is 0 Å². The second-order valence-corrected chi connectivity index (χ2v) is 11.0. The monoisotopic (exact) mass is 452 g/mol. The van der Waals surface area contributed by atoms with Crippen LogP contribution in [0.2, 0.25) is 0 Å². The summed E-state index contributed by atoms with van der Waals surface area (Å²) >= 11 is 0. The highest BCUT2D eigenvalue weighted by molar-refractivity contribution is 4.87. The van der Waals surface area contributed by atoms with Crippen LogP contribution in [0.1, 0.15) is 79.0 Å². The van der Waals surface area contributed by atoms with Crippen molar-refractivity contribution in [3.8, 4) is 0 Å². The molecule has 0 aromatic carbocycles. The molecule has 0 spiro atoms. The fraction of sp³-hybridized carbons (Fsp3) is 1.00. The number of rotatable bonds is 12. The molecule has 0 aromatic rings. The lowest BCUT2D eigenvalue weighted by Crippen LogP contribution is -2.63. The van der Waals surface area contributed by atoms with Gasteiger partial charge in [0.25, 0.3) is 0 Å². The number of nitrogens with one attached hydrogen (secondary N) is 3. The Morgan fingerprint density at radius 1 is 0.844 bits per heavy atom. The maximum atomic E-state index is 6.29. The van der Waals surface area contributed by atoms with Gasteiger partial charge in [0.1, 0.15) is 6.29 Å². The summed E-state index contributed by atoms with van der Waals surface area (Å²) in [5.74, 6) is 2.60. The van der Waals surface area contributed by atoms with Crippen LogP contribution >= 0.6 is 0 Å². The fourth-order valence-corrected chi connectivity index (χ4v) is 6.19. The Bertz CT molecular complexity index is 514. The largest absolute Gasteiger partial charge is 0.381 e. The summed E-state index contributed by atoms with van der Waals surface area (Å²) in [5.41, 5.74) is 0. The molecule has 0 bridgehead atoms. The van der Waals surface area contributed by atoms with Crippen molar-refractivity contribution in [2.75, 3.05) is 46.4 Å². The maximum Gasteiger partial charge on any atom is 0.112 e. The molecule has 3 aliphatic carbocycles. The summed E-state index contributed by atoms with van der Waals surface area (Å²) < 4.78 is 11.8. The standard InChI is InChI=1S/C26H50N4O2.H2/c1-3-14-30(19-20-4-5-20)15-16-32-25-12-8-23(9-13-25)29-26-27-17-22(18-28-26)21-6-10-24(31-2)11-7-21;/h20-29H,3-19H2,1-2H3;1H. The number of hydrogen-bond acceptors (Lipinski definition) is 6.